The molecule has 0 saturated heterocycles. The normalized spacial score (nSPS) is 20.1. The Morgan fingerprint density at radius 1 is 0.208 bits per heavy atom. The predicted molar refractivity (Wildman–Crippen MR) is 196 cm³/mol. The Labute approximate surface area is 280 Å². The van der Waals surface area contributed by atoms with Crippen LogP contribution in [0.3, 0.4) is 0 Å². The quantitative estimate of drug-likeness (QED) is 0.174. The van der Waals surface area contributed by atoms with Gasteiger partial charge in [0, 0.05) is 23.7 Å². The highest BCUT2D eigenvalue weighted by molar-refractivity contribution is 5.94. The molecule has 0 N–H and O–H groups in total. The Morgan fingerprint density at radius 3 is 0.729 bits per heavy atom. The fraction of sp³-hybridized carbons (Fsp3) is 0.0833. The number of rotatable bonds is 1. The average molecular weight is 607 g/mol. The lowest BCUT2D eigenvalue weighted by Crippen LogP contribution is -2.27. The zero-order valence-electron chi connectivity index (χ0n) is 26.3. The van der Waals surface area contributed by atoms with E-state index in [2.05, 4.69) is 158 Å². The average Bonchev–Trinajstić information content (AvgIpc) is 3.15. The van der Waals surface area contributed by atoms with Gasteiger partial charge < -0.3 is 0 Å². The molecule has 0 fully saturated rings. The zero-order valence-corrected chi connectivity index (χ0v) is 26.3. The van der Waals surface area contributed by atoms with Crippen LogP contribution in [0.25, 0.3) is 32.7 Å². The van der Waals surface area contributed by atoms with E-state index in [1.165, 1.54) is 99.4 Å². The van der Waals surface area contributed by atoms with E-state index in [0.717, 1.165) is 0 Å². The third-order valence-corrected chi connectivity index (χ3v) is 12.1. The zero-order chi connectivity index (χ0) is 31.1. The molecule has 0 saturated carbocycles. The molecule has 4 bridgehead atoms. The minimum atomic E-state index is 0.294. The van der Waals surface area contributed by atoms with Crippen LogP contribution in [-0.4, -0.2) is 0 Å². The number of hydrogen-bond acceptors (Lipinski definition) is 0. The summed E-state index contributed by atoms with van der Waals surface area (Å²) in [6.07, 6.45) is 0. The molecule has 0 atom stereocenters. The fourth-order valence-electron chi connectivity index (χ4n) is 10.2. The minimum absolute atomic E-state index is 0.294. The summed E-state index contributed by atoms with van der Waals surface area (Å²) >= 11 is 0. The summed E-state index contributed by atoms with van der Waals surface area (Å²) in [5, 5.41) is 5.29. The molecule has 0 aromatic heterocycles. The fourth-order valence-corrected chi connectivity index (χ4v) is 10.2. The highest BCUT2D eigenvalue weighted by Gasteiger charge is 2.42. The van der Waals surface area contributed by atoms with Gasteiger partial charge >= 0.3 is 0 Å². The maximum Gasteiger partial charge on any atom is 0.0349 e. The lowest BCUT2D eigenvalue weighted by atomic mass is 9.61. The molecular weight excluding hydrogens is 577 g/mol. The van der Waals surface area contributed by atoms with Gasteiger partial charge in [-0.2, -0.15) is 0 Å². The highest BCUT2D eigenvalue weighted by atomic mass is 14.4. The molecule has 0 nitrogen and oxygen atoms in total. The van der Waals surface area contributed by atoms with Gasteiger partial charge in [0.2, 0.25) is 0 Å². The van der Waals surface area contributed by atoms with Crippen molar-refractivity contribution in [2.24, 2.45) is 0 Å². The first-order valence-corrected chi connectivity index (χ1v) is 17.3. The molecule has 6 aliphatic rings. The number of fused-ring (bicyclic) bond motifs is 2. The summed E-state index contributed by atoms with van der Waals surface area (Å²) in [4.78, 5) is 0. The molecule has 0 amide bonds. The van der Waals surface area contributed by atoms with Crippen LogP contribution in [0.2, 0.25) is 0 Å². The molecule has 14 rings (SSSR count). The third-order valence-electron chi connectivity index (χ3n) is 12.1. The summed E-state index contributed by atoms with van der Waals surface area (Å²) in [6.45, 7) is 0. The van der Waals surface area contributed by atoms with Gasteiger partial charge in [-0.25, -0.2) is 0 Å². The second-order valence-electron chi connectivity index (χ2n) is 14.3. The van der Waals surface area contributed by atoms with Crippen LogP contribution in [-0.2, 0) is 0 Å². The Bertz CT molecular complexity index is 2420. The molecule has 0 heteroatoms. The van der Waals surface area contributed by atoms with E-state index in [1.54, 1.807) is 0 Å². The van der Waals surface area contributed by atoms with Crippen LogP contribution in [0.5, 0.6) is 0 Å². The van der Waals surface area contributed by atoms with Gasteiger partial charge in [-0.3, -0.25) is 0 Å². The van der Waals surface area contributed by atoms with Crippen molar-refractivity contribution in [1.82, 2.24) is 0 Å². The Kier molecular flexibility index (Phi) is 4.76. The van der Waals surface area contributed by atoms with E-state index in [9.17, 15) is 0 Å². The molecular formula is C48H30. The lowest BCUT2D eigenvalue weighted by Gasteiger charge is -2.42. The molecule has 0 heterocycles. The van der Waals surface area contributed by atoms with Crippen molar-refractivity contribution in [3.8, 4) is 11.1 Å². The van der Waals surface area contributed by atoms with E-state index >= 15 is 0 Å². The standard InChI is InChI=1S/C48H30/c1-5-13-37-33(9-1)45-34-10-2-6-14-38(34)47(37)43-25-31-21-27(17-19-29(31)23-41(43)45)28-18-20-30-24-42-44(26-32(30)22-28)48-39-15-7-3-11-35(39)46(42)36-12-4-8-16-40(36)48/h1-26,45-48H. The largest absolute Gasteiger partial charge is 0.0619 e. The van der Waals surface area contributed by atoms with Gasteiger partial charge in [-0.15, -0.1) is 0 Å². The molecule has 8 aromatic carbocycles. The summed E-state index contributed by atoms with van der Waals surface area (Å²) in [5.74, 6) is 1.20. The first-order chi connectivity index (χ1) is 23.8. The van der Waals surface area contributed by atoms with E-state index < -0.39 is 0 Å². The first-order valence-electron chi connectivity index (χ1n) is 17.3. The maximum absolute atomic E-state index is 2.50. The number of hydrogen-bond donors (Lipinski definition) is 0. The predicted octanol–water partition coefficient (Wildman–Crippen LogP) is 11.6. The van der Waals surface area contributed by atoms with Crippen molar-refractivity contribution >= 4 is 21.5 Å². The summed E-state index contributed by atoms with van der Waals surface area (Å²) < 4.78 is 0. The van der Waals surface area contributed by atoms with Crippen LogP contribution >= 0.6 is 0 Å². The smallest absolute Gasteiger partial charge is 0.0349 e. The van der Waals surface area contributed by atoms with Gasteiger partial charge in [0.1, 0.15) is 0 Å². The lowest BCUT2D eigenvalue weighted by molar-refractivity contribution is 0.756. The van der Waals surface area contributed by atoms with Crippen LogP contribution < -0.4 is 0 Å². The molecule has 0 radical (unpaired) electrons. The second kappa shape index (κ2) is 9.00. The Hall–Kier alpha value is -5.72. The van der Waals surface area contributed by atoms with E-state index in [4.69, 9.17) is 0 Å². The first kappa shape index (κ1) is 25.4. The van der Waals surface area contributed by atoms with Gasteiger partial charge in [0.05, 0.1) is 0 Å². The topological polar surface area (TPSA) is 0 Å². The monoisotopic (exact) mass is 606 g/mol. The van der Waals surface area contributed by atoms with Crippen molar-refractivity contribution < 1.29 is 0 Å². The van der Waals surface area contributed by atoms with E-state index in [-0.39, 0.29) is 0 Å². The van der Waals surface area contributed by atoms with E-state index in [0.29, 0.717) is 23.7 Å². The van der Waals surface area contributed by atoms with Crippen molar-refractivity contribution in [3.63, 3.8) is 0 Å². The van der Waals surface area contributed by atoms with Gasteiger partial charge in [0.15, 0.2) is 0 Å². The summed E-state index contributed by atoms with van der Waals surface area (Å²) in [5.41, 5.74) is 20.3. The van der Waals surface area contributed by atoms with Crippen LogP contribution in [0, 0.1) is 0 Å². The van der Waals surface area contributed by atoms with Crippen molar-refractivity contribution in [2.45, 2.75) is 23.7 Å². The Balaban J connectivity index is 0.994. The van der Waals surface area contributed by atoms with Crippen molar-refractivity contribution in [3.05, 3.63) is 224 Å². The van der Waals surface area contributed by atoms with Gasteiger partial charge in [-0.05, 0) is 136 Å². The molecule has 0 spiro atoms. The van der Waals surface area contributed by atoms with Gasteiger partial charge in [-0.1, -0.05) is 121 Å². The van der Waals surface area contributed by atoms with Crippen molar-refractivity contribution in [1.29, 1.82) is 0 Å². The SMILES string of the molecule is c1ccc2c(c1)C1c3ccccc3C2c2cc3cc(-c4ccc5cc6c(cc5c4)C4c5ccccc5C6c5ccccc54)ccc3cc21. The van der Waals surface area contributed by atoms with Crippen molar-refractivity contribution in [2.75, 3.05) is 0 Å². The van der Waals surface area contributed by atoms with Crippen LogP contribution in [0.15, 0.2) is 158 Å². The third kappa shape index (κ3) is 3.16. The molecule has 222 valence electrons. The molecule has 48 heavy (non-hydrogen) atoms. The molecule has 8 aromatic rings. The summed E-state index contributed by atoms with van der Waals surface area (Å²) in [6, 6.07) is 60.6. The summed E-state index contributed by atoms with van der Waals surface area (Å²) in [7, 11) is 0. The molecule has 0 unspecified atom stereocenters. The van der Waals surface area contributed by atoms with E-state index in [1.807, 2.05) is 0 Å². The minimum Gasteiger partial charge on any atom is -0.0619 e. The molecule has 6 aliphatic carbocycles. The number of benzene rings is 8. The highest BCUT2D eigenvalue weighted by Crippen LogP contribution is 2.58. The molecule has 0 aliphatic heterocycles. The maximum atomic E-state index is 2.50. The second-order valence-corrected chi connectivity index (χ2v) is 14.3. The van der Waals surface area contributed by atoms with Gasteiger partial charge in [0.25, 0.3) is 0 Å². The van der Waals surface area contributed by atoms with Crippen LogP contribution in [0.1, 0.15) is 90.4 Å². The van der Waals surface area contributed by atoms with Crippen LogP contribution in [0.4, 0.5) is 0 Å². The Morgan fingerprint density at radius 2 is 0.458 bits per heavy atom.